The predicted octanol–water partition coefficient (Wildman–Crippen LogP) is 2.32. The lowest BCUT2D eigenvalue weighted by atomic mass is 9.86. The van der Waals surface area contributed by atoms with Crippen LogP contribution in [0.5, 0.6) is 0 Å². The van der Waals surface area contributed by atoms with E-state index in [1.807, 2.05) is 6.92 Å². The topological polar surface area (TPSA) is 20.2 Å². The third kappa shape index (κ3) is 3.06. The first-order valence-corrected chi connectivity index (χ1v) is 4.37. The van der Waals surface area contributed by atoms with Crippen LogP contribution < -0.4 is 0 Å². The Morgan fingerprint density at radius 2 is 1.91 bits per heavy atom. The number of aliphatic hydroxyl groups is 1. The summed E-state index contributed by atoms with van der Waals surface area (Å²) < 4.78 is 0. The Morgan fingerprint density at radius 3 is 2.36 bits per heavy atom. The van der Waals surface area contributed by atoms with Crippen molar-refractivity contribution < 1.29 is 5.11 Å². The van der Waals surface area contributed by atoms with Crippen molar-refractivity contribution in [2.45, 2.75) is 38.7 Å². The molecule has 1 radical (unpaired) electrons. The summed E-state index contributed by atoms with van der Waals surface area (Å²) in [5.74, 6) is 0.677. The molecule has 1 aliphatic carbocycles. The van der Waals surface area contributed by atoms with E-state index in [1.165, 1.54) is 0 Å². The van der Waals surface area contributed by atoms with Crippen molar-refractivity contribution in [3.05, 3.63) is 18.6 Å². The fourth-order valence-corrected chi connectivity index (χ4v) is 1.67. The van der Waals surface area contributed by atoms with Gasteiger partial charge in [0, 0.05) is 0 Å². The second-order valence-electron chi connectivity index (χ2n) is 3.58. The summed E-state index contributed by atoms with van der Waals surface area (Å²) in [6.45, 7) is 5.88. The van der Waals surface area contributed by atoms with Gasteiger partial charge in [0.2, 0.25) is 0 Å². The number of rotatable bonds is 1. The van der Waals surface area contributed by atoms with Crippen molar-refractivity contribution in [2.24, 2.45) is 5.92 Å². The maximum absolute atomic E-state index is 9.22. The highest BCUT2D eigenvalue weighted by Crippen LogP contribution is 2.25. The van der Waals surface area contributed by atoms with E-state index in [0.717, 1.165) is 31.3 Å². The molecule has 1 fully saturated rings. The molecule has 0 spiro atoms. The quantitative estimate of drug-likeness (QED) is 0.613. The molecular weight excluding hydrogens is 136 g/mol. The Hall–Kier alpha value is -0.300. The van der Waals surface area contributed by atoms with Gasteiger partial charge >= 0.3 is 0 Å². The van der Waals surface area contributed by atoms with Crippen molar-refractivity contribution in [1.29, 1.82) is 0 Å². The summed E-state index contributed by atoms with van der Waals surface area (Å²) in [6, 6.07) is 0. The molecule has 0 aromatic heterocycles. The molecule has 0 amide bonds. The predicted molar refractivity (Wildman–Crippen MR) is 47.1 cm³/mol. The van der Waals surface area contributed by atoms with E-state index in [4.69, 9.17) is 0 Å². The van der Waals surface area contributed by atoms with Crippen molar-refractivity contribution >= 4 is 0 Å². The van der Waals surface area contributed by atoms with Crippen LogP contribution in [0.1, 0.15) is 32.6 Å². The number of allylic oxidation sites excluding steroid dienone is 2. The smallest absolute Gasteiger partial charge is 0.0540 e. The monoisotopic (exact) mass is 153 g/mol. The molecule has 1 rings (SSSR count). The van der Waals surface area contributed by atoms with Gasteiger partial charge in [-0.25, -0.2) is 0 Å². The van der Waals surface area contributed by atoms with Gasteiger partial charge in [-0.15, -0.1) is 0 Å². The second-order valence-corrected chi connectivity index (χ2v) is 3.58. The largest absolute Gasteiger partial charge is 0.393 e. The lowest BCUT2D eigenvalue weighted by Crippen LogP contribution is -2.16. The fourth-order valence-electron chi connectivity index (χ4n) is 1.67. The Bertz CT molecular complexity index is 137. The third-order valence-electron chi connectivity index (χ3n) is 2.26. The van der Waals surface area contributed by atoms with Crippen molar-refractivity contribution in [1.82, 2.24) is 0 Å². The van der Waals surface area contributed by atoms with Crippen molar-refractivity contribution in [3.8, 4) is 0 Å². The average molecular weight is 153 g/mol. The molecule has 0 atom stereocenters. The molecule has 1 saturated carbocycles. The molecule has 0 aliphatic heterocycles. The summed E-state index contributed by atoms with van der Waals surface area (Å²) in [6.07, 6.45) is 6.39. The molecule has 0 saturated heterocycles. The van der Waals surface area contributed by atoms with Crippen LogP contribution in [0.4, 0.5) is 0 Å². The minimum Gasteiger partial charge on any atom is -0.393 e. The molecule has 0 unspecified atom stereocenters. The summed E-state index contributed by atoms with van der Waals surface area (Å²) in [5, 5.41) is 9.22. The van der Waals surface area contributed by atoms with Crippen LogP contribution in [0.15, 0.2) is 11.6 Å². The first-order valence-electron chi connectivity index (χ1n) is 4.37. The van der Waals surface area contributed by atoms with E-state index in [9.17, 15) is 5.11 Å². The van der Waals surface area contributed by atoms with Gasteiger partial charge in [-0.05, 0) is 45.4 Å². The highest BCUT2D eigenvalue weighted by atomic mass is 16.3. The Balaban J connectivity index is 2.34. The lowest BCUT2D eigenvalue weighted by molar-refractivity contribution is 0.118. The summed E-state index contributed by atoms with van der Waals surface area (Å²) in [4.78, 5) is 0. The van der Waals surface area contributed by atoms with Crippen molar-refractivity contribution in [2.75, 3.05) is 0 Å². The van der Waals surface area contributed by atoms with Crippen LogP contribution in [0.2, 0.25) is 0 Å². The molecule has 1 N–H and O–H groups in total. The highest BCUT2D eigenvalue weighted by Gasteiger charge is 2.16. The molecule has 1 heteroatoms. The van der Waals surface area contributed by atoms with E-state index >= 15 is 0 Å². The molecule has 0 aromatic rings. The molecule has 1 nitrogen and oxygen atoms in total. The van der Waals surface area contributed by atoms with Crippen LogP contribution in [-0.4, -0.2) is 11.2 Å². The van der Waals surface area contributed by atoms with Gasteiger partial charge in [0.15, 0.2) is 0 Å². The number of hydrogen-bond donors (Lipinski definition) is 1. The van der Waals surface area contributed by atoms with E-state index < -0.39 is 0 Å². The van der Waals surface area contributed by atoms with Gasteiger partial charge in [0.1, 0.15) is 0 Å². The van der Waals surface area contributed by atoms with Gasteiger partial charge in [-0.2, -0.15) is 0 Å². The SMILES string of the molecule is [CH2]C(C)=CC1CCC(O)CC1. The average Bonchev–Trinajstić information content (AvgIpc) is 1.93. The first-order chi connectivity index (χ1) is 5.18. The molecule has 0 aromatic carbocycles. The summed E-state index contributed by atoms with van der Waals surface area (Å²) in [5.41, 5.74) is 1.16. The van der Waals surface area contributed by atoms with Crippen LogP contribution in [0.25, 0.3) is 0 Å². The first kappa shape index (κ1) is 8.79. The molecular formula is C10H17O. The maximum atomic E-state index is 9.22. The lowest BCUT2D eigenvalue weighted by Gasteiger charge is -2.23. The van der Waals surface area contributed by atoms with Gasteiger partial charge in [-0.1, -0.05) is 11.6 Å². The Kier molecular flexibility index (Phi) is 3.13. The summed E-state index contributed by atoms with van der Waals surface area (Å²) >= 11 is 0. The molecule has 0 heterocycles. The third-order valence-corrected chi connectivity index (χ3v) is 2.26. The van der Waals surface area contributed by atoms with Crippen LogP contribution >= 0.6 is 0 Å². The minimum absolute atomic E-state index is 0.0372. The highest BCUT2D eigenvalue weighted by molar-refractivity contribution is 5.04. The zero-order chi connectivity index (χ0) is 8.27. The van der Waals surface area contributed by atoms with Crippen molar-refractivity contribution in [3.63, 3.8) is 0 Å². The van der Waals surface area contributed by atoms with Crippen LogP contribution in [-0.2, 0) is 0 Å². The van der Waals surface area contributed by atoms with E-state index in [2.05, 4.69) is 13.0 Å². The number of hydrogen-bond acceptors (Lipinski definition) is 1. The Morgan fingerprint density at radius 1 is 1.36 bits per heavy atom. The molecule has 1 aliphatic rings. The van der Waals surface area contributed by atoms with E-state index in [-0.39, 0.29) is 6.10 Å². The van der Waals surface area contributed by atoms with Crippen LogP contribution in [0.3, 0.4) is 0 Å². The molecule has 0 bridgehead atoms. The number of aliphatic hydroxyl groups excluding tert-OH is 1. The van der Waals surface area contributed by atoms with Gasteiger partial charge in [0.25, 0.3) is 0 Å². The standard InChI is InChI=1S/C10H17O/c1-8(2)7-9-3-5-10(11)6-4-9/h7,9-11H,1,3-6H2,2H3. The second kappa shape index (κ2) is 3.91. The minimum atomic E-state index is -0.0372. The normalized spacial score (nSPS) is 33.9. The van der Waals surface area contributed by atoms with Gasteiger partial charge in [0.05, 0.1) is 6.10 Å². The Labute approximate surface area is 69.1 Å². The zero-order valence-corrected chi connectivity index (χ0v) is 7.21. The van der Waals surface area contributed by atoms with Gasteiger partial charge in [-0.3, -0.25) is 0 Å². The van der Waals surface area contributed by atoms with Gasteiger partial charge < -0.3 is 5.11 Å². The fraction of sp³-hybridized carbons (Fsp3) is 0.700. The molecule has 63 valence electrons. The summed E-state index contributed by atoms with van der Waals surface area (Å²) in [7, 11) is 0. The zero-order valence-electron chi connectivity index (χ0n) is 7.21. The molecule has 11 heavy (non-hydrogen) atoms. The maximum Gasteiger partial charge on any atom is 0.0540 e. The van der Waals surface area contributed by atoms with E-state index in [0.29, 0.717) is 5.92 Å². The van der Waals surface area contributed by atoms with Crippen LogP contribution in [0, 0.1) is 12.8 Å². The van der Waals surface area contributed by atoms with E-state index in [1.54, 1.807) is 0 Å².